The molecule has 0 spiro atoms. The molecule has 1 aromatic heterocycles. The van der Waals surface area contributed by atoms with Gasteiger partial charge in [-0.2, -0.15) is 5.10 Å². The van der Waals surface area contributed by atoms with Crippen LogP contribution in [0.25, 0.3) is 16.9 Å². The van der Waals surface area contributed by atoms with E-state index in [0.29, 0.717) is 29.4 Å². The molecule has 0 saturated carbocycles. The Morgan fingerprint density at radius 2 is 2.07 bits per heavy atom. The second-order valence-corrected chi connectivity index (χ2v) is 7.66. The third kappa shape index (κ3) is 3.04. The highest BCUT2D eigenvalue weighted by Gasteiger charge is 2.32. The van der Waals surface area contributed by atoms with Crippen LogP contribution in [0.3, 0.4) is 0 Å². The van der Waals surface area contributed by atoms with E-state index in [4.69, 9.17) is 19.5 Å². The van der Waals surface area contributed by atoms with Crippen LogP contribution in [-0.2, 0) is 10.1 Å². The Kier molecular flexibility index (Phi) is 4.63. The van der Waals surface area contributed by atoms with Gasteiger partial charge in [0, 0.05) is 23.8 Å². The number of thioether (sulfide) groups is 1. The summed E-state index contributed by atoms with van der Waals surface area (Å²) in [7, 11) is 0. The van der Waals surface area contributed by atoms with Gasteiger partial charge in [0.05, 0.1) is 16.3 Å². The monoisotopic (exact) mass is 429 g/mol. The number of ether oxygens (including phenoxy) is 2. The zero-order valence-corrected chi connectivity index (χ0v) is 16.8. The molecule has 0 amide bonds. The molecule has 5 rings (SSSR count). The SMILES string of the molecule is CC(=O)c1nn(-c2ccc(OOSN)cc2)c2c1SCc1c-2ccc2c1OCO2. The van der Waals surface area contributed by atoms with Gasteiger partial charge in [-0.1, -0.05) is 4.33 Å². The molecule has 0 fully saturated rings. The number of aromatic nitrogens is 2. The molecule has 3 heterocycles. The zero-order valence-electron chi connectivity index (χ0n) is 15.2. The molecule has 8 nitrogen and oxygen atoms in total. The van der Waals surface area contributed by atoms with Crippen LogP contribution >= 0.6 is 24.0 Å². The van der Waals surface area contributed by atoms with Crippen molar-refractivity contribution in [3.63, 3.8) is 0 Å². The number of fused-ring (bicyclic) bond motifs is 5. The van der Waals surface area contributed by atoms with Crippen LogP contribution in [0.4, 0.5) is 0 Å². The molecule has 2 aromatic carbocycles. The summed E-state index contributed by atoms with van der Waals surface area (Å²) in [5.41, 5.74) is 4.12. The lowest BCUT2D eigenvalue weighted by atomic mass is 10.0. The fourth-order valence-corrected chi connectivity index (χ4v) is 4.78. The topological polar surface area (TPSA) is 97.8 Å². The summed E-state index contributed by atoms with van der Waals surface area (Å²) in [4.78, 5) is 18.1. The van der Waals surface area contributed by atoms with Crippen molar-refractivity contribution in [2.24, 2.45) is 5.14 Å². The number of ketones is 1. The molecule has 10 heteroatoms. The standard InChI is InChI=1S/C19H15N3O5S2/c1-10(23)16-19-17(13-6-7-15-18(25-9-24-15)14(13)8-28-19)22(21-16)11-2-4-12(5-3-11)26-27-29-20/h2-7H,8-9,20H2,1H3. The highest BCUT2D eigenvalue weighted by atomic mass is 32.2. The first-order valence-electron chi connectivity index (χ1n) is 8.66. The number of nitrogens with zero attached hydrogens (tertiary/aromatic N) is 2. The number of hydrogen-bond acceptors (Lipinski definition) is 9. The fraction of sp³-hybridized carbons (Fsp3) is 0.158. The average molecular weight is 429 g/mol. The van der Waals surface area contributed by atoms with Gasteiger partial charge in [-0.3, -0.25) is 9.93 Å². The maximum Gasteiger partial charge on any atom is 0.231 e. The van der Waals surface area contributed by atoms with E-state index in [2.05, 4.69) is 9.43 Å². The first kappa shape index (κ1) is 18.4. The molecule has 0 atom stereocenters. The van der Waals surface area contributed by atoms with Crippen molar-refractivity contribution in [2.75, 3.05) is 6.79 Å². The molecule has 2 aliphatic rings. The van der Waals surface area contributed by atoms with Crippen molar-refractivity contribution in [2.45, 2.75) is 17.6 Å². The van der Waals surface area contributed by atoms with Gasteiger partial charge in [0.15, 0.2) is 23.0 Å². The van der Waals surface area contributed by atoms with Gasteiger partial charge in [0.25, 0.3) is 0 Å². The van der Waals surface area contributed by atoms with E-state index in [1.807, 2.05) is 24.3 Å². The number of carbonyl (C=O) groups is 1. The molecule has 148 valence electrons. The predicted molar refractivity (Wildman–Crippen MR) is 108 cm³/mol. The Hall–Kier alpha value is -2.66. The number of benzene rings is 2. The second-order valence-electron chi connectivity index (χ2n) is 6.35. The van der Waals surface area contributed by atoms with Crippen molar-refractivity contribution in [1.29, 1.82) is 0 Å². The number of Topliss-reactive ketones (excluding diaryl/α,β-unsaturated/α-hetero) is 1. The minimum absolute atomic E-state index is 0.0787. The summed E-state index contributed by atoms with van der Waals surface area (Å²) >= 11 is 2.20. The summed E-state index contributed by atoms with van der Waals surface area (Å²) in [6, 6.07) is 11.0. The van der Waals surface area contributed by atoms with Gasteiger partial charge < -0.3 is 14.4 Å². The molecule has 0 saturated heterocycles. The molecule has 29 heavy (non-hydrogen) atoms. The molecule has 0 bridgehead atoms. The third-order valence-corrected chi connectivity index (χ3v) is 5.94. The molecule has 3 aromatic rings. The van der Waals surface area contributed by atoms with Crippen molar-refractivity contribution in [3.8, 4) is 34.2 Å². The highest BCUT2D eigenvalue weighted by molar-refractivity contribution is 7.98. The maximum absolute atomic E-state index is 12.2. The Labute approximate surface area is 174 Å². The normalized spacial score (nSPS) is 13.7. The van der Waals surface area contributed by atoms with Gasteiger partial charge >= 0.3 is 0 Å². The Balaban J connectivity index is 1.66. The average Bonchev–Trinajstić information content (AvgIpc) is 3.37. The number of nitrogens with two attached hydrogens (primary N) is 1. The second kappa shape index (κ2) is 7.30. The molecular formula is C19H15N3O5S2. The lowest BCUT2D eigenvalue weighted by molar-refractivity contribution is -0.0777. The molecule has 0 aliphatic carbocycles. The molecular weight excluding hydrogens is 414 g/mol. The lowest BCUT2D eigenvalue weighted by Gasteiger charge is -2.19. The van der Waals surface area contributed by atoms with Crippen LogP contribution < -0.4 is 19.5 Å². The third-order valence-electron chi connectivity index (χ3n) is 4.68. The van der Waals surface area contributed by atoms with Crippen LogP contribution in [0.1, 0.15) is 23.0 Å². The summed E-state index contributed by atoms with van der Waals surface area (Å²) in [6.45, 7) is 1.74. The van der Waals surface area contributed by atoms with E-state index in [9.17, 15) is 4.79 Å². The van der Waals surface area contributed by atoms with E-state index in [0.717, 1.165) is 38.9 Å². The van der Waals surface area contributed by atoms with Crippen molar-refractivity contribution in [1.82, 2.24) is 9.78 Å². The van der Waals surface area contributed by atoms with Gasteiger partial charge in [-0.05, 0) is 36.4 Å². The smallest absolute Gasteiger partial charge is 0.231 e. The van der Waals surface area contributed by atoms with Gasteiger partial charge in [0.2, 0.25) is 6.79 Å². The van der Waals surface area contributed by atoms with Crippen LogP contribution in [0.15, 0.2) is 41.3 Å². The largest absolute Gasteiger partial charge is 0.454 e. The predicted octanol–water partition coefficient (Wildman–Crippen LogP) is 3.91. The van der Waals surface area contributed by atoms with E-state index in [1.165, 1.54) is 6.92 Å². The summed E-state index contributed by atoms with van der Waals surface area (Å²) in [6.07, 6.45) is 0. The quantitative estimate of drug-likeness (QED) is 0.213. The number of rotatable bonds is 5. The van der Waals surface area contributed by atoms with Crippen LogP contribution in [0.5, 0.6) is 17.2 Å². The van der Waals surface area contributed by atoms with Crippen molar-refractivity contribution in [3.05, 3.63) is 47.7 Å². The van der Waals surface area contributed by atoms with Crippen molar-refractivity contribution < 1.29 is 23.5 Å². The summed E-state index contributed by atoms with van der Waals surface area (Å²) in [5, 5.41) is 9.81. The molecule has 0 unspecified atom stereocenters. The fourth-order valence-electron chi connectivity index (χ4n) is 3.44. The van der Waals surface area contributed by atoms with Crippen LogP contribution in [0.2, 0.25) is 0 Å². The molecule has 2 N–H and O–H groups in total. The van der Waals surface area contributed by atoms with Gasteiger partial charge in [-0.25, -0.2) is 4.68 Å². The van der Waals surface area contributed by atoms with E-state index in [-0.39, 0.29) is 12.6 Å². The van der Waals surface area contributed by atoms with E-state index in [1.54, 1.807) is 28.6 Å². The summed E-state index contributed by atoms with van der Waals surface area (Å²) in [5.74, 6) is 2.60. The minimum atomic E-state index is -0.0787. The minimum Gasteiger partial charge on any atom is -0.454 e. The van der Waals surface area contributed by atoms with E-state index >= 15 is 0 Å². The van der Waals surface area contributed by atoms with Crippen molar-refractivity contribution >= 4 is 29.8 Å². The van der Waals surface area contributed by atoms with Crippen LogP contribution in [-0.4, -0.2) is 22.4 Å². The first-order valence-corrected chi connectivity index (χ1v) is 10.5. The van der Waals surface area contributed by atoms with E-state index < -0.39 is 0 Å². The molecule has 0 radical (unpaired) electrons. The number of carbonyl (C=O) groups excluding carboxylic acids is 1. The Morgan fingerprint density at radius 3 is 2.83 bits per heavy atom. The maximum atomic E-state index is 12.2. The lowest BCUT2D eigenvalue weighted by Crippen LogP contribution is -2.04. The van der Waals surface area contributed by atoms with Gasteiger partial charge in [0.1, 0.15) is 17.9 Å². The van der Waals surface area contributed by atoms with Gasteiger partial charge in [-0.15, -0.1) is 11.8 Å². The highest BCUT2D eigenvalue weighted by Crippen LogP contribution is 2.50. The van der Waals surface area contributed by atoms with Crippen LogP contribution in [0, 0.1) is 0 Å². The summed E-state index contributed by atoms with van der Waals surface area (Å²) < 4.78 is 17.7. The first-order chi connectivity index (χ1) is 14.2. The molecule has 2 aliphatic heterocycles. The number of hydrogen-bond donors (Lipinski definition) is 1. The Morgan fingerprint density at radius 1 is 1.24 bits per heavy atom. The zero-order chi connectivity index (χ0) is 20.0. The Bertz CT molecular complexity index is 1110.